The van der Waals surface area contributed by atoms with Crippen LogP contribution in [0.1, 0.15) is 31.9 Å². The minimum Gasteiger partial charge on any atom is -0.453 e. The molecule has 0 heterocycles. The predicted molar refractivity (Wildman–Crippen MR) is 69.2 cm³/mol. The van der Waals surface area contributed by atoms with E-state index >= 15 is 0 Å². The van der Waals surface area contributed by atoms with Crippen molar-refractivity contribution in [2.45, 2.75) is 26.3 Å². The summed E-state index contributed by atoms with van der Waals surface area (Å²) < 4.78 is 4.52. The lowest BCUT2D eigenvalue weighted by Crippen LogP contribution is -2.19. The van der Waals surface area contributed by atoms with Gasteiger partial charge < -0.3 is 10.1 Å². The molecule has 0 spiro atoms. The van der Waals surface area contributed by atoms with E-state index in [1.165, 1.54) is 12.7 Å². The van der Waals surface area contributed by atoms with Gasteiger partial charge >= 0.3 is 6.09 Å². The molecular weight excluding hydrogens is 216 g/mol. The monoisotopic (exact) mass is 236 g/mol. The second-order valence-corrected chi connectivity index (χ2v) is 3.91. The fraction of sp³-hybridized carbons (Fsp3) is 0.462. The highest BCUT2D eigenvalue weighted by molar-refractivity contribution is 5.84. The molecule has 0 bridgehead atoms. The number of nitrogens with one attached hydrogen (secondary N) is 2. The Morgan fingerprint density at radius 1 is 1.35 bits per heavy atom. The van der Waals surface area contributed by atoms with E-state index in [0.717, 1.165) is 18.7 Å². The molecule has 2 N–H and O–H groups in total. The van der Waals surface area contributed by atoms with Crippen LogP contribution in [0.3, 0.4) is 0 Å². The summed E-state index contributed by atoms with van der Waals surface area (Å²) in [6.45, 7) is 5.27. The molecule has 1 aromatic rings. The molecule has 0 radical (unpaired) electrons. The minimum absolute atomic E-state index is 0.321. The van der Waals surface area contributed by atoms with Crippen molar-refractivity contribution in [2.75, 3.05) is 19.0 Å². The molecular formula is C13H20N2O2. The summed E-state index contributed by atoms with van der Waals surface area (Å²) in [6.07, 6.45) is 0.668. The van der Waals surface area contributed by atoms with Crippen molar-refractivity contribution in [1.29, 1.82) is 0 Å². The van der Waals surface area contributed by atoms with Crippen LogP contribution < -0.4 is 10.6 Å². The summed E-state index contributed by atoms with van der Waals surface area (Å²) in [7, 11) is 1.35. The molecule has 0 aromatic heterocycles. The first kappa shape index (κ1) is 13.5. The van der Waals surface area contributed by atoms with Gasteiger partial charge in [-0.25, -0.2) is 4.79 Å². The van der Waals surface area contributed by atoms with Crippen LogP contribution in [0, 0.1) is 0 Å². The summed E-state index contributed by atoms with van der Waals surface area (Å²) in [5, 5.41) is 6.03. The first-order valence-corrected chi connectivity index (χ1v) is 5.85. The predicted octanol–water partition coefficient (Wildman–Crippen LogP) is 2.93. The topological polar surface area (TPSA) is 50.4 Å². The smallest absolute Gasteiger partial charge is 0.411 e. The number of hydrogen-bond acceptors (Lipinski definition) is 3. The van der Waals surface area contributed by atoms with E-state index in [-0.39, 0.29) is 0 Å². The largest absolute Gasteiger partial charge is 0.453 e. The molecule has 94 valence electrons. The number of anilines is 1. The lowest BCUT2D eigenvalue weighted by atomic mass is 10.1. The van der Waals surface area contributed by atoms with Gasteiger partial charge in [0.05, 0.1) is 7.11 Å². The van der Waals surface area contributed by atoms with Gasteiger partial charge in [0.1, 0.15) is 0 Å². The molecule has 0 fully saturated rings. The molecule has 1 unspecified atom stereocenters. The maximum atomic E-state index is 11.0. The van der Waals surface area contributed by atoms with Crippen molar-refractivity contribution >= 4 is 11.8 Å². The number of rotatable bonds is 5. The van der Waals surface area contributed by atoms with Crippen molar-refractivity contribution in [1.82, 2.24) is 5.32 Å². The Balaban J connectivity index is 2.57. The SMILES string of the molecule is CCCNC(C)c1ccc(NC(=O)OC)cc1. The van der Waals surface area contributed by atoms with Crippen LogP contribution in [0.5, 0.6) is 0 Å². The van der Waals surface area contributed by atoms with Gasteiger partial charge in [-0.1, -0.05) is 19.1 Å². The van der Waals surface area contributed by atoms with Crippen molar-refractivity contribution < 1.29 is 9.53 Å². The standard InChI is InChI=1S/C13H20N2O2/c1-4-9-14-10(2)11-5-7-12(8-6-11)15-13(16)17-3/h5-8,10,14H,4,9H2,1-3H3,(H,15,16). The van der Waals surface area contributed by atoms with Gasteiger partial charge in [-0.05, 0) is 37.6 Å². The number of hydrogen-bond donors (Lipinski definition) is 2. The lowest BCUT2D eigenvalue weighted by Gasteiger charge is -2.14. The quantitative estimate of drug-likeness (QED) is 0.826. The van der Waals surface area contributed by atoms with E-state index in [4.69, 9.17) is 0 Å². The lowest BCUT2D eigenvalue weighted by molar-refractivity contribution is 0.187. The van der Waals surface area contributed by atoms with E-state index in [0.29, 0.717) is 6.04 Å². The Morgan fingerprint density at radius 2 is 2.00 bits per heavy atom. The molecule has 4 heteroatoms. The Kier molecular flexibility index (Phi) is 5.49. The maximum absolute atomic E-state index is 11.0. The average molecular weight is 236 g/mol. The van der Waals surface area contributed by atoms with Crippen molar-refractivity contribution in [3.8, 4) is 0 Å². The Hall–Kier alpha value is -1.55. The Bertz CT molecular complexity index is 349. The molecule has 0 saturated carbocycles. The fourth-order valence-electron chi connectivity index (χ4n) is 1.50. The fourth-order valence-corrected chi connectivity index (χ4v) is 1.50. The molecule has 0 saturated heterocycles. The van der Waals surface area contributed by atoms with Gasteiger partial charge in [0.15, 0.2) is 0 Å². The van der Waals surface area contributed by atoms with Crippen LogP contribution in [0.2, 0.25) is 0 Å². The van der Waals surface area contributed by atoms with Crippen molar-refractivity contribution in [3.05, 3.63) is 29.8 Å². The van der Waals surface area contributed by atoms with Gasteiger partial charge in [-0.2, -0.15) is 0 Å². The molecule has 1 aromatic carbocycles. The number of carbonyl (C=O) groups excluding carboxylic acids is 1. The van der Waals surface area contributed by atoms with Gasteiger partial charge in [0, 0.05) is 11.7 Å². The number of carbonyl (C=O) groups is 1. The summed E-state index contributed by atoms with van der Waals surface area (Å²) in [5.74, 6) is 0. The maximum Gasteiger partial charge on any atom is 0.411 e. The molecule has 1 rings (SSSR count). The molecule has 0 aliphatic rings. The number of ether oxygens (including phenoxy) is 1. The van der Waals surface area contributed by atoms with Crippen LogP contribution in [-0.4, -0.2) is 19.7 Å². The van der Waals surface area contributed by atoms with Crippen LogP contribution in [-0.2, 0) is 4.74 Å². The van der Waals surface area contributed by atoms with E-state index in [2.05, 4.69) is 29.2 Å². The Morgan fingerprint density at radius 3 is 2.53 bits per heavy atom. The first-order chi connectivity index (χ1) is 8.17. The van der Waals surface area contributed by atoms with Gasteiger partial charge in [0.25, 0.3) is 0 Å². The number of amides is 1. The van der Waals surface area contributed by atoms with Crippen LogP contribution in [0.25, 0.3) is 0 Å². The summed E-state index contributed by atoms with van der Waals surface area (Å²) in [4.78, 5) is 11.0. The molecule has 4 nitrogen and oxygen atoms in total. The van der Waals surface area contributed by atoms with Crippen LogP contribution >= 0.6 is 0 Å². The molecule has 0 aliphatic carbocycles. The highest BCUT2D eigenvalue weighted by Gasteiger charge is 2.05. The third kappa shape index (κ3) is 4.44. The second kappa shape index (κ2) is 6.91. The highest BCUT2D eigenvalue weighted by atomic mass is 16.5. The Labute approximate surface area is 102 Å². The zero-order chi connectivity index (χ0) is 12.7. The van der Waals surface area contributed by atoms with E-state index in [9.17, 15) is 4.79 Å². The molecule has 0 aliphatic heterocycles. The van der Waals surface area contributed by atoms with E-state index < -0.39 is 6.09 Å². The first-order valence-electron chi connectivity index (χ1n) is 5.85. The number of benzene rings is 1. The van der Waals surface area contributed by atoms with Crippen LogP contribution in [0.4, 0.5) is 10.5 Å². The van der Waals surface area contributed by atoms with Crippen molar-refractivity contribution in [3.63, 3.8) is 0 Å². The van der Waals surface area contributed by atoms with Gasteiger partial charge in [-0.3, -0.25) is 5.32 Å². The van der Waals surface area contributed by atoms with E-state index in [1.54, 1.807) is 0 Å². The van der Waals surface area contributed by atoms with Crippen LogP contribution in [0.15, 0.2) is 24.3 Å². The zero-order valence-corrected chi connectivity index (χ0v) is 10.6. The average Bonchev–Trinajstić information content (AvgIpc) is 2.36. The highest BCUT2D eigenvalue weighted by Crippen LogP contribution is 2.16. The number of methoxy groups -OCH3 is 1. The normalized spacial score (nSPS) is 11.9. The van der Waals surface area contributed by atoms with Gasteiger partial charge in [-0.15, -0.1) is 0 Å². The molecule has 17 heavy (non-hydrogen) atoms. The molecule has 1 atom stereocenters. The minimum atomic E-state index is -0.449. The third-order valence-corrected chi connectivity index (χ3v) is 2.54. The molecule has 1 amide bonds. The zero-order valence-electron chi connectivity index (χ0n) is 10.6. The summed E-state index contributed by atoms with van der Waals surface area (Å²) in [6, 6.07) is 8.06. The summed E-state index contributed by atoms with van der Waals surface area (Å²) in [5.41, 5.74) is 1.94. The van der Waals surface area contributed by atoms with Gasteiger partial charge in [0.2, 0.25) is 0 Å². The second-order valence-electron chi connectivity index (χ2n) is 3.91. The van der Waals surface area contributed by atoms with Crippen molar-refractivity contribution in [2.24, 2.45) is 0 Å². The van der Waals surface area contributed by atoms with E-state index in [1.807, 2.05) is 24.3 Å². The summed E-state index contributed by atoms with van der Waals surface area (Å²) >= 11 is 0. The third-order valence-electron chi connectivity index (χ3n) is 2.54.